The van der Waals surface area contributed by atoms with Crippen LogP contribution in [0.3, 0.4) is 0 Å². The number of aryl methyl sites for hydroxylation is 2. The summed E-state index contributed by atoms with van der Waals surface area (Å²) in [5, 5.41) is 4.14. The lowest BCUT2D eigenvalue weighted by Crippen LogP contribution is -2.41. The molecule has 2 heterocycles. The highest BCUT2D eigenvalue weighted by atomic mass is 16.3. The maximum absolute atomic E-state index is 12.1. The van der Waals surface area contributed by atoms with Gasteiger partial charge < -0.3 is 4.42 Å². The molecule has 2 amide bonds. The Balaban J connectivity index is 1.57. The van der Waals surface area contributed by atoms with Crippen molar-refractivity contribution in [2.45, 2.75) is 20.4 Å². The van der Waals surface area contributed by atoms with E-state index >= 15 is 0 Å². The van der Waals surface area contributed by atoms with E-state index in [1.165, 1.54) is 0 Å². The molecule has 7 nitrogen and oxygen atoms in total. The predicted molar refractivity (Wildman–Crippen MR) is 90.9 cm³/mol. The normalized spacial score (nSPS) is 10.5. The molecule has 3 aromatic rings. The van der Waals surface area contributed by atoms with Crippen LogP contribution in [-0.2, 0) is 6.54 Å². The van der Waals surface area contributed by atoms with E-state index < -0.39 is 11.8 Å². The van der Waals surface area contributed by atoms with Gasteiger partial charge >= 0.3 is 0 Å². The minimum Gasteiger partial charge on any atom is -0.466 e. The lowest BCUT2D eigenvalue weighted by Gasteiger charge is -2.08. The number of hydrogen-bond donors (Lipinski definition) is 2. The monoisotopic (exact) mass is 338 g/mol. The van der Waals surface area contributed by atoms with Crippen LogP contribution in [0, 0.1) is 13.8 Å². The van der Waals surface area contributed by atoms with Gasteiger partial charge in [0.15, 0.2) is 0 Å². The first-order chi connectivity index (χ1) is 12.0. The van der Waals surface area contributed by atoms with Gasteiger partial charge in [-0.25, -0.2) is 0 Å². The van der Waals surface area contributed by atoms with Gasteiger partial charge in [-0.05, 0) is 43.7 Å². The highest BCUT2D eigenvalue weighted by Gasteiger charge is 2.14. The van der Waals surface area contributed by atoms with E-state index in [0.717, 1.165) is 5.56 Å². The van der Waals surface area contributed by atoms with Crippen LogP contribution in [0.5, 0.6) is 0 Å². The molecule has 3 rings (SSSR count). The molecule has 0 bridgehead atoms. The smallest absolute Gasteiger partial charge is 0.273 e. The van der Waals surface area contributed by atoms with Crippen molar-refractivity contribution < 1.29 is 14.0 Å². The quantitative estimate of drug-likeness (QED) is 0.714. The van der Waals surface area contributed by atoms with E-state index in [1.807, 2.05) is 24.4 Å². The number of amides is 2. The predicted octanol–water partition coefficient (Wildman–Crippen LogP) is 2.22. The number of hydrogen-bond acceptors (Lipinski definition) is 4. The lowest BCUT2D eigenvalue weighted by molar-refractivity contribution is 0.0845. The summed E-state index contributed by atoms with van der Waals surface area (Å²) in [5.74, 6) is 0.337. The number of nitrogens with one attached hydrogen (secondary N) is 2. The summed E-state index contributed by atoms with van der Waals surface area (Å²) in [6.45, 7) is 4.08. The Bertz CT molecular complexity index is 880. The molecular weight excluding hydrogens is 320 g/mol. The topological polar surface area (TPSA) is 89.2 Å². The number of carbonyl (C=O) groups is 2. The largest absolute Gasteiger partial charge is 0.466 e. The van der Waals surface area contributed by atoms with Gasteiger partial charge in [-0.15, -0.1) is 0 Å². The molecule has 0 aliphatic rings. The second-order valence-corrected chi connectivity index (χ2v) is 5.64. The molecule has 0 radical (unpaired) electrons. The average Bonchev–Trinajstić information content (AvgIpc) is 3.22. The first-order valence-corrected chi connectivity index (χ1v) is 7.77. The Kier molecular flexibility index (Phi) is 4.65. The highest BCUT2D eigenvalue weighted by Crippen LogP contribution is 2.13. The van der Waals surface area contributed by atoms with Crippen LogP contribution >= 0.6 is 0 Å². The number of benzene rings is 1. The number of aromatic nitrogens is 2. The SMILES string of the molecule is Cc1cc(C(=O)NNC(=O)c2ccc(Cn3cccn3)cc2)c(C)o1. The molecule has 0 atom stereocenters. The summed E-state index contributed by atoms with van der Waals surface area (Å²) in [4.78, 5) is 24.2. The van der Waals surface area contributed by atoms with Gasteiger partial charge in [0.25, 0.3) is 11.8 Å². The molecule has 0 saturated heterocycles. The Morgan fingerprint density at radius 3 is 2.44 bits per heavy atom. The van der Waals surface area contributed by atoms with Crippen LogP contribution in [-0.4, -0.2) is 21.6 Å². The Morgan fingerprint density at radius 1 is 1.12 bits per heavy atom. The maximum atomic E-state index is 12.1. The first-order valence-electron chi connectivity index (χ1n) is 7.77. The Labute approximate surface area is 144 Å². The van der Waals surface area contributed by atoms with E-state index in [0.29, 0.717) is 29.2 Å². The fourth-order valence-corrected chi connectivity index (χ4v) is 2.45. The third kappa shape index (κ3) is 3.95. The van der Waals surface area contributed by atoms with Crippen molar-refractivity contribution >= 4 is 11.8 Å². The average molecular weight is 338 g/mol. The zero-order valence-corrected chi connectivity index (χ0v) is 13.9. The van der Waals surface area contributed by atoms with Crippen molar-refractivity contribution in [3.05, 3.63) is 77.0 Å². The molecule has 7 heteroatoms. The molecule has 0 aliphatic heterocycles. The fourth-order valence-electron chi connectivity index (χ4n) is 2.45. The minimum atomic E-state index is -0.419. The second kappa shape index (κ2) is 7.04. The van der Waals surface area contributed by atoms with Crippen LogP contribution in [0.25, 0.3) is 0 Å². The van der Waals surface area contributed by atoms with Crippen LogP contribution < -0.4 is 10.9 Å². The third-order valence-electron chi connectivity index (χ3n) is 3.70. The summed E-state index contributed by atoms with van der Waals surface area (Å²) < 4.78 is 7.10. The van der Waals surface area contributed by atoms with Crippen molar-refractivity contribution in [2.75, 3.05) is 0 Å². The number of hydrazine groups is 1. The van der Waals surface area contributed by atoms with E-state index in [2.05, 4.69) is 16.0 Å². The van der Waals surface area contributed by atoms with Gasteiger partial charge in [0, 0.05) is 18.0 Å². The van der Waals surface area contributed by atoms with E-state index in [4.69, 9.17) is 4.42 Å². The molecule has 2 N–H and O–H groups in total. The molecule has 0 unspecified atom stereocenters. The first kappa shape index (κ1) is 16.5. The van der Waals surface area contributed by atoms with Gasteiger partial charge in [-0.2, -0.15) is 5.10 Å². The van der Waals surface area contributed by atoms with Gasteiger partial charge in [-0.3, -0.25) is 25.1 Å². The molecule has 1 aromatic carbocycles. The summed E-state index contributed by atoms with van der Waals surface area (Å²) >= 11 is 0. The summed E-state index contributed by atoms with van der Waals surface area (Å²) in [6, 6.07) is 10.6. The van der Waals surface area contributed by atoms with Gasteiger partial charge in [0.2, 0.25) is 0 Å². The number of rotatable bonds is 4. The van der Waals surface area contributed by atoms with Crippen LogP contribution in [0.4, 0.5) is 0 Å². The van der Waals surface area contributed by atoms with Crippen LogP contribution in [0.1, 0.15) is 37.8 Å². The standard InChI is InChI=1S/C18H18N4O3/c1-12-10-16(13(2)25-12)18(24)21-20-17(23)15-6-4-14(5-7-15)11-22-9-3-8-19-22/h3-10H,11H2,1-2H3,(H,20,23)(H,21,24). The van der Waals surface area contributed by atoms with Gasteiger partial charge in [0.05, 0.1) is 12.1 Å². The molecule has 25 heavy (non-hydrogen) atoms. The minimum absolute atomic E-state index is 0.392. The zero-order valence-electron chi connectivity index (χ0n) is 13.9. The van der Waals surface area contributed by atoms with Crippen molar-refractivity contribution in [2.24, 2.45) is 0 Å². The van der Waals surface area contributed by atoms with Crippen molar-refractivity contribution in [3.8, 4) is 0 Å². The molecule has 128 valence electrons. The Morgan fingerprint density at radius 2 is 1.84 bits per heavy atom. The number of nitrogens with zero attached hydrogens (tertiary/aromatic N) is 2. The molecule has 2 aromatic heterocycles. The van der Waals surface area contributed by atoms with Gasteiger partial charge in [0.1, 0.15) is 11.5 Å². The Hall–Kier alpha value is -3.35. The molecule has 0 saturated carbocycles. The number of furan rings is 1. The molecular formula is C18H18N4O3. The van der Waals surface area contributed by atoms with Crippen LogP contribution in [0.2, 0.25) is 0 Å². The summed E-state index contributed by atoms with van der Waals surface area (Å²) in [7, 11) is 0. The fraction of sp³-hybridized carbons (Fsp3) is 0.167. The van der Waals surface area contributed by atoms with Gasteiger partial charge in [-0.1, -0.05) is 12.1 Å². The van der Waals surface area contributed by atoms with Crippen LogP contribution in [0.15, 0.2) is 53.2 Å². The van der Waals surface area contributed by atoms with Crippen molar-refractivity contribution in [1.82, 2.24) is 20.6 Å². The molecule has 0 fully saturated rings. The zero-order chi connectivity index (χ0) is 17.8. The van der Waals surface area contributed by atoms with E-state index in [1.54, 1.807) is 42.9 Å². The van der Waals surface area contributed by atoms with E-state index in [-0.39, 0.29) is 0 Å². The van der Waals surface area contributed by atoms with Crippen molar-refractivity contribution in [1.29, 1.82) is 0 Å². The molecule has 0 aliphatic carbocycles. The highest BCUT2D eigenvalue weighted by molar-refractivity contribution is 5.99. The number of carbonyl (C=O) groups excluding carboxylic acids is 2. The second-order valence-electron chi connectivity index (χ2n) is 5.64. The molecule has 0 spiro atoms. The lowest BCUT2D eigenvalue weighted by atomic mass is 10.1. The third-order valence-corrected chi connectivity index (χ3v) is 3.70. The van der Waals surface area contributed by atoms with E-state index in [9.17, 15) is 9.59 Å². The summed E-state index contributed by atoms with van der Waals surface area (Å²) in [6.07, 6.45) is 3.59. The maximum Gasteiger partial charge on any atom is 0.273 e. The van der Waals surface area contributed by atoms with Crippen molar-refractivity contribution in [3.63, 3.8) is 0 Å². The summed E-state index contributed by atoms with van der Waals surface area (Å²) in [5.41, 5.74) is 6.66.